The molecule has 8 heteroatoms. The number of likely N-dealkylation sites (N-methyl/N-ethyl adjacent to an activating group) is 1. The average Bonchev–Trinajstić information content (AvgIpc) is 2.86. The number of rotatable bonds is 6. The number of fused-ring (bicyclic) bond motifs is 1. The Balaban J connectivity index is 1.98. The third-order valence-electron chi connectivity index (χ3n) is 6.00. The van der Waals surface area contributed by atoms with Crippen LogP contribution in [0.1, 0.15) is 29.3 Å². The van der Waals surface area contributed by atoms with Crippen LogP contribution in [-0.4, -0.2) is 35.4 Å². The molecule has 1 heterocycles. The van der Waals surface area contributed by atoms with E-state index in [2.05, 4.69) is 4.98 Å². The molecule has 182 valence electrons. The van der Waals surface area contributed by atoms with Crippen LogP contribution in [0.2, 0.25) is 0 Å². The smallest absolute Gasteiger partial charge is 0.255 e. The lowest BCUT2D eigenvalue weighted by Gasteiger charge is -2.23. The Labute approximate surface area is 206 Å². The van der Waals surface area contributed by atoms with Gasteiger partial charge in [0.1, 0.15) is 17.5 Å². The number of carbonyl (C=O) groups is 1. The van der Waals surface area contributed by atoms with E-state index < -0.39 is 23.4 Å². The molecule has 4 rings (SSSR count). The van der Waals surface area contributed by atoms with Crippen LogP contribution in [0.3, 0.4) is 0 Å². The summed E-state index contributed by atoms with van der Waals surface area (Å²) in [5, 5.41) is 9.65. The highest BCUT2D eigenvalue weighted by molar-refractivity contribution is 6.12. The molecule has 0 saturated heterocycles. The maximum Gasteiger partial charge on any atom is 0.255 e. The minimum atomic E-state index is -0.789. The molecule has 3 aromatic carbocycles. The Kier molecular flexibility index (Phi) is 7.04. The van der Waals surface area contributed by atoms with Crippen LogP contribution in [0.4, 0.5) is 13.2 Å². The molecule has 1 atom stereocenters. The molecule has 0 spiro atoms. The molecule has 1 unspecified atom stereocenters. The number of halogens is 3. The first kappa shape index (κ1) is 24.9. The highest BCUT2D eigenvalue weighted by Gasteiger charge is 2.23. The minimum Gasteiger partial charge on any atom is -0.340 e. The monoisotopic (exact) mass is 488 g/mol. The van der Waals surface area contributed by atoms with Gasteiger partial charge in [0.2, 0.25) is 0 Å². The molecule has 4 aromatic rings. The molecule has 0 aliphatic carbocycles. The van der Waals surface area contributed by atoms with Crippen molar-refractivity contribution >= 4 is 16.8 Å². The molecular weight excluding hydrogens is 465 g/mol. The lowest BCUT2D eigenvalue weighted by molar-refractivity contribution is 0.0788. The molecule has 0 saturated carbocycles. The lowest BCUT2D eigenvalue weighted by atomic mass is 9.94. The molecule has 0 bridgehead atoms. The van der Waals surface area contributed by atoms with Crippen molar-refractivity contribution in [1.82, 2.24) is 9.88 Å². The number of pyridine rings is 1. The molecule has 0 radical (unpaired) electrons. The summed E-state index contributed by atoms with van der Waals surface area (Å²) in [7, 11) is 1.61. The van der Waals surface area contributed by atoms with Crippen LogP contribution >= 0.6 is 0 Å². The predicted octanol–water partition coefficient (Wildman–Crippen LogP) is 5.67. The van der Waals surface area contributed by atoms with Gasteiger partial charge in [0.05, 0.1) is 22.7 Å². The second-order valence-corrected chi connectivity index (χ2v) is 8.63. The van der Waals surface area contributed by atoms with Crippen LogP contribution in [0.5, 0.6) is 0 Å². The van der Waals surface area contributed by atoms with Gasteiger partial charge in [-0.2, -0.15) is 5.26 Å². The zero-order valence-electron chi connectivity index (χ0n) is 19.7. The van der Waals surface area contributed by atoms with Gasteiger partial charge in [-0.05, 0) is 65.6 Å². The number of benzene rings is 3. The van der Waals surface area contributed by atoms with E-state index in [-0.39, 0.29) is 34.8 Å². The minimum absolute atomic E-state index is 0.150. The topological polar surface area (TPSA) is 83.0 Å². The third-order valence-corrected chi connectivity index (χ3v) is 6.00. The van der Waals surface area contributed by atoms with E-state index in [9.17, 15) is 23.2 Å². The summed E-state index contributed by atoms with van der Waals surface area (Å²) in [6.07, 6.45) is 2.06. The molecular formula is C28H23F3N4O. The Bertz CT molecular complexity index is 1490. The molecule has 1 aromatic heterocycles. The van der Waals surface area contributed by atoms with Gasteiger partial charge in [-0.1, -0.05) is 13.0 Å². The van der Waals surface area contributed by atoms with E-state index in [1.807, 2.05) is 13.0 Å². The maximum atomic E-state index is 14.1. The van der Waals surface area contributed by atoms with Crippen LogP contribution in [0.15, 0.2) is 60.8 Å². The van der Waals surface area contributed by atoms with Crippen molar-refractivity contribution in [2.75, 3.05) is 13.6 Å². The Hall–Kier alpha value is -4.22. The number of hydrogen-bond donors (Lipinski definition) is 1. The third kappa shape index (κ3) is 5.07. The fraction of sp³-hybridized carbons (Fsp3) is 0.179. The fourth-order valence-electron chi connectivity index (χ4n) is 4.11. The number of nitriles is 1. The maximum absolute atomic E-state index is 14.1. The first-order valence-electron chi connectivity index (χ1n) is 11.3. The van der Waals surface area contributed by atoms with Crippen LogP contribution in [-0.2, 0) is 0 Å². The number of nitrogens with two attached hydrogens (primary N) is 1. The number of carbonyl (C=O) groups excluding carboxylic acids is 1. The zero-order chi connectivity index (χ0) is 26.0. The van der Waals surface area contributed by atoms with E-state index >= 15 is 0 Å². The zero-order valence-corrected chi connectivity index (χ0v) is 19.7. The van der Waals surface area contributed by atoms with Crippen molar-refractivity contribution in [1.29, 1.82) is 5.26 Å². The van der Waals surface area contributed by atoms with E-state index in [1.54, 1.807) is 25.2 Å². The van der Waals surface area contributed by atoms with Gasteiger partial charge in [0.15, 0.2) is 0 Å². The van der Waals surface area contributed by atoms with Gasteiger partial charge in [-0.3, -0.25) is 9.78 Å². The molecule has 0 aliphatic rings. The van der Waals surface area contributed by atoms with Crippen LogP contribution in [0.25, 0.3) is 33.2 Å². The van der Waals surface area contributed by atoms with E-state index in [0.717, 1.165) is 24.3 Å². The summed E-state index contributed by atoms with van der Waals surface area (Å²) >= 11 is 0. The standard InChI is InChI=1S/C28H23F3N4O/c1-3-23(33)15-35(2)28(36)27-24-11-17(18-6-16(13-32)7-20(29)8-18)4-5-26(24)34-14-25(27)19-9-21(30)12-22(31)10-19/h4-12,14,23H,3,15,33H2,1-2H3. The number of aromatic nitrogens is 1. The Morgan fingerprint density at radius 1 is 1.00 bits per heavy atom. The second kappa shape index (κ2) is 10.2. The molecule has 0 fully saturated rings. The summed E-state index contributed by atoms with van der Waals surface area (Å²) in [6.45, 7) is 2.18. The predicted molar refractivity (Wildman–Crippen MR) is 132 cm³/mol. The quantitative estimate of drug-likeness (QED) is 0.379. The number of hydrogen-bond acceptors (Lipinski definition) is 4. The van der Waals surface area contributed by atoms with Crippen LogP contribution < -0.4 is 5.73 Å². The molecule has 5 nitrogen and oxygen atoms in total. The van der Waals surface area contributed by atoms with Gasteiger partial charge >= 0.3 is 0 Å². The van der Waals surface area contributed by atoms with E-state index in [1.165, 1.54) is 23.2 Å². The molecule has 2 N–H and O–H groups in total. The van der Waals surface area contributed by atoms with Crippen molar-refractivity contribution < 1.29 is 18.0 Å². The van der Waals surface area contributed by atoms with Crippen molar-refractivity contribution in [3.8, 4) is 28.3 Å². The fourth-order valence-corrected chi connectivity index (χ4v) is 4.11. The molecule has 36 heavy (non-hydrogen) atoms. The summed E-state index contributed by atoms with van der Waals surface area (Å²) in [4.78, 5) is 19.6. The van der Waals surface area contributed by atoms with Crippen molar-refractivity contribution in [3.63, 3.8) is 0 Å². The lowest BCUT2D eigenvalue weighted by Crippen LogP contribution is -2.38. The highest BCUT2D eigenvalue weighted by atomic mass is 19.1. The van der Waals surface area contributed by atoms with Gasteiger partial charge in [-0.25, -0.2) is 13.2 Å². The largest absolute Gasteiger partial charge is 0.340 e. The molecule has 1 amide bonds. The van der Waals surface area contributed by atoms with Gasteiger partial charge in [0, 0.05) is 42.8 Å². The van der Waals surface area contributed by atoms with Gasteiger partial charge in [-0.15, -0.1) is 0 Å². The summed E-state index contributed by atoms with van der Waals surface area (Å²) in [5.41, 5.74) is 8.26. The van der Waals surface area contributed by atoms with E-state index in [4.69, 9.17) is 5.73 Å². The average molecular weight is 489 g/mol. The first-order valence-corrected chi connectivity index (χ1v) is 11.3. The van der Waals surface area contributed by atoms with Crippen molar-refractivity contribution in [2.24, 2.45) is 5.73 Å². The van der Waals surface area contributed by atoms with Crippen LogP contribution in [0, 0.1) is 28.8 Å². The van der Waals surface area contributed by atoms with Crippen molar-refractivity contribution in [3.05, 3.63) is 89.4 Å². The highest BCUT2D eigenvalue weighted by Crippen LogP contribution is 2.34. The number of nitrogens with zero attached hydrogens (tertiary/aromatic N) is 3. The SMILES string of the molecule is CCC(N)CN(C)C(=O)c1c(-c2cc(F)cc(F)c2)cnc2ccc(-c3cc(F)cc(C#N)c3)cc12. The number of amides is 1. The van der Waals surface area contributed by atoms with Gasteiger partial charge in [0.25, 0.3) is 5.91 Å². The van der Waals surface area contributed by atoms with Gasteiger partial charge < -0.3 is 10.6 Å². The normalized spacial score (nSPS) is 11.8. The Morgan fingerprint density at radius 3 is 2.33 bits per heavy atom. The molecule has 0 aliphatic heterocycles. The van der Waals surface area contributed by atoms with Crippen molar-refractivity contribution in [2.45, 2.75) is 19.4 Å². The summed E-state index contributed by atoms with van der Waals surface area (Å²) in [6, 6.07) is 13.7. The van der Waals surface area contributed by atoms with E-state index in [0.29, 0.717) is 28.5 Å². The Morgan fingerprint density at radius 2 is 1.67 bits per heavy atom. The first-order chi connectivity index (χ1) is 17.2. The summed E-state index contributed by atoms with van der Waals surface area (Å²) in [5.74, 6) is -2.55. The second-order valence-electron chi connectivity index (χ2n) is 8.63. The summed E-state index contributed by atoms with van der Waals surface area (Å²) < 4.78 is 42.3.